The molecule has 3 heteroatoms. The molecule has 0 aliphatic carbocycles. The molecule has 1 unspecified atom stereocenters. The second-order valence-corrected chi connectivity index (χ2v) is 3.78. The van der Waals surface area contributed by atoms with E-state index in [4.69, 9.17) is 4.74 Å². The molecule has 0 aromatic rings. The summed E-state index contributed by atoms with van der Waals surface area (Å²) in [6.45, 7) is 9.34. The van der Waals surface area contributed by atoms with Crippen LogP contribution in [-0.2, 0) is 14.3 Å². The molecule has 0 fully saturated rings. The Bertz CT molecular complexity index is 243. The van der Waals surface area contributed by atoms with E-state index < -0.39 is 0 Å². The van der Waals surface area contributed by atoms with Crippen LogP contribution in [0.5, 0.6) is 0 Å². The zero-order valence-corrected chi connectivity index (χ0v) is 9.84. The number of esters is 1. The summed E-state index contributed by atoms with van der Waals surface area (Å²) in [5.74, 6) is -0.197. The van der Waals surface area contributed by atoms with E-state index in [0.29, 0.717) is 25.0 Å². The molecule has 1 atom stereocenters. The predicted molar refractivity (Wildman–Crippen MR) is 59.5 cm³/mol. The van der Waals surface area contributed by atoms with Gasteiger partial charge in [-0.25, -0.2) is 0 Å². The molecule has 15 heavy (non-hydrogen) atoms. The molecule has 3 nitrogen and oxygen atoms in total. The van der Waals surface area contributed by atoms with Gasteiger partial charge in [0, 0.05) is 6.42 Å². The van der Waals surface area contributed by atoms with Crippen molar-refractivity contribution in [2.45, 2.75) is 40.0 Å². The van der Waals surface area contributed by atoms with Gasteiger partial charge in [-0.05, 0) is 25.3 Å². The van der Waals surface area contributed by atoms with Crippen molar-refractivity contribution >= 4 is 11.8 Å². The first-order valence-corrected chi connectivity index (χ1v) is 5.34. The summed E-state index contributed by atoms with van der Waals surface area (Å²) in [4.78, 5) is 22.4. The summed E-state index contributed by atoms with van der Waals surface area (Å²) >= 11 is 0. The standard InChI is InChI=1S/C12H20O3/c1-5-10(4)12(14)15-8-6-7-11(13)9(2)3/h10H,2,5-8H2,1,3-4H3. The fourth-order valence-corrected chi connectivity index (χ4v) is 0.928. The number of rotatable bonds is 7. The molecule has 0 saturated heterocycles. The largest absolute Gasteiger partial charge is 0.465 e. The lowest BCUT2D eigenvalue weighted by molar-refractivity contribution is -0.148. The van der Waals surface area contributed by atoms with E-state index in [1.165, 1.54) is 0 Å². The Kier molecular flexibility index (Phi) is 6.67. The minimum absolute atomic E-state index is 0.0367. The maximum absolute atomic E-state index is 11.2. The van der Waals surface area contributed by atoms with E-state index in [1.807, 2.05) is 13.8 Å². The summed E-state index contributed by atoms with van der Waals surface area (Å²) in [5, 5.41) is 0. The lowest BCUT2D eigenvalue weighted by Gasteiger charge is -2.08. The number of hydrogen-bond acceptors (Lipinski definition) is 3. The Morgan fingerprint density at radius 1 is 1.40 bits per heavy atom. The van der Waals surface area contributed by atoms with Crippen LogP contribution in [-0.4, -0.2) is 18.4 Å². The number of hydrogen-bond donors (Lipinski definition) is 0. The molecular formula is C12H20O3. The molecule has 0 N–H and O–H groups in total. The number of Topliss-reactive ketones (excluding diaryl/α,β-unsaturated/α-hetero) is 1. The van der Waals surface area contributed by atoms with Crippen LogP contribution in [0.4, 0.5) is 0 Å². The van der Waals surface area contributed by atoms with Gasteiger partial charge in [0.25, 0.3) is 0 Å². The maximum atomic E-state index is 11.2. The summed E-state index contributed by atoms with van der Waals surface area (Å²) in [5.41, 5.74) is 0.559. The molecule has 0 aliphatic rings. The van der Waals surface area contributed by atoms with Crippen molar-refractivity contribution in [2.24, 2.45) is 5.92 Å². The Morgan fingerprint density at radius 3 is 2.47 bits per heavy atom. The Balaban J connectivity index is 3.59. The highest BCUT2D eigenvalue weighted by Gasteiger charge is 2.11. The van der Waals surface area contributed by atoms with Crippen molar-refractivity contribution in [3.05, 3.63) is 12.2 Å². The third-order valence-corrected chi connectivity index (χ3v) is 2.28. The topological polar surface area (TPSA) is 43.4 Å². The molecule has 0 bridgehead atoms. The van der Waals surface area contributed by atoms with Gasteiger partial charge >= 0.3 is 5.97 Å². The average molecular weight is 212 g/mol. The smallest absolute Gasteiger partial charge is 0.308 e. The molecule has 86 valence electrons. The Labute approximate surface area is 91.5 Å². The zero-order chi connectivity index (χ0) is 11.8. The second kappa shape index (κ2) is 7.21. The van der Waals surface area contributed by atoms with Crippen molar-refractivity contribution in [1.29, 1.82) is 0 Å². The Hall–Kier alpha value is -1.12. The fraction of sp³-hybridized carbons (Fsp3) is 0.667. The predicted octanol–water partition coefficient (Wildman–Crippen LogP) is 2.50. The van der Waals surface area contributed by atoms with Crippen molar-refractivity contribution in [3.8, 4) is 0 Å². The lowest BCUT2D eigenvalue weighted by atomic mass is 10.1. The van der Waals surface area contributed by atoms with Gasteiger partial charge in [0.2, 0.25) is 0 Å². The zero-order valence-electron chi connectivity index (χ0n) is 9.84. The number of ketones is 1. The van der Waals surface area contributed by atoms with Gasteiger partial charge in [-0.2, -0.15) is 0 Å². The van der Waals surface area contributed by atoms with Crippen LogP contribution in [0.25, 0.3) is 0 Å². The number of carbonyl (C=O) groups excluding carboxylic acids is 2. The van der Waals surface area contributed by atoms with Crippen LogP contribution in [0.1, 0.15) is 40.0 Å². The first kappa shape index (κ1) is 13.9. The van der Waals surface area contributed by atoms with Crippen LogP contribution < -0.4 is 0 Å². The van der Waals surface area contributed by atoms with Crippen molar-refractivity contribution in [2.75, 3.05) is 6.61 Å². The van der Waals surface area contributed by atoms with E-state index >= 15 is 0 Å². The third kappa shape index (κ3) is 6.05. The van der Waals surface area contributed by atoms with Crippen LogP contribution >= 0.6 is 0 Å². The summed E-state index contributed by atoms with van der Waals surface area (Å²) in [6.07, 6.45) is 1.76. The van der Waals surface area contributed by atoms with E-state index in [-0.39, 0.29) is 17.7 Å². The van der Waals surface area contributed by atoms with Gasteiger partial charge in [0.1, 0.15) is 0 Å². The van der Waals surface area contributed by atoms with E-state index in [1.54, 1.807) is 6.92 Å². The SMILES string of the molecule is C=C(C)C(=O)CCCOC(=O)C(C)CC. The molecule has 0 radical (unpaired) electrons. The third-order valence-electron chi connectivity index (χ3n) is 2.28. The second-order valence-electron chi connectivity index (χ2n) is 3.78. The number of carbonyl (C=O) groups is 2. The monoisotopic (exact) mass is 212 g/mol. The molecule has 0 aromatic heterocycles. The van der Waals surface area contributed by atoms with Crippen molar-refractivity contribution in [1.82, 2.24) is 0 Å². The highest BCUT2D eigenvalue weighted by molar-refractivity contribution is 5.94. The quantitative estimate of drug-likeness (QED) is 0.370. The highest BCUT2D eigenvalue weighted by atomic mass is 16.5. The average Bonchev–Trinajstić information content (AvgIpc) is 2.22. The summed E-state index contributed by atoms with van der Waals surface area (Å²) < 4.78 is 5.00. The minimum atomic E-state index is -0.180. The van der Waals surface area contributed by atoms with Gasteiger partial charge in [-0.15, -0.1) is 0 Å². The molecule has 0 heterocycles. The van der Waals surface area contributed by atoms with E-state index in [9.17, 15) is 9.59 Å². The first-order chi connectivity index (χ1) is 6.99. The molecule has 0 aliphatic heterocycles. The molecular weight excluding hydrogens is 192 g/mol. The summed E-state index contributed by atoms with van der Waals surface area (Å²) in [6, 6.07) is 0. The van der Waals surface area contributed by atoms with Crippen LogP contribution in [0, 0.1) is 5.92 Å². The Morgan fingerprint density at radius 2 is 2.00 bits per heavy atom. The van der Waals surface area contributed by atoms with Crippen molar-refractivity contribution < 1.29 is 14.3 Å². The van der Waals surface area contributed by atoms with Crippen LogP contribution in [0.15, 0.2) is 12.2 Å². The van der Waals surface area contributed by atoms with Crippen LogP contribution in [0.2, 0.25) is 0 Å². The van der Waals surface area contributed by atoms with E-state index in [0.717, 1.165) is 6.42 Å². The molecule has 0 spiro atoms. The van der Waals surface area contributed by atoms with Crippen LogP contribution in [0.3, 0.4) is 0 Å². The van der Waals surface area contributed by atoms with Gasteiger partial charge in [0.05, 0.1) is 12.5 Å². The van der Waals surface area contributed by atoms with Gasteiger partial charge in [0.15, 0.2) is 5.78 Å². The molecule has 0 saturated carbocycles. The van der Waals surface area contributed by atoms with Crippen molar-refractivity contribution in [3.63, 3.8) is 0 Å². The summed E-state index contributed by atoms with van der Waals surface area (Å²) in [7, 11) is 0. The molecule has 0 amide bonds. The fourth-order valence-electron chi connectivity index (χ4n) is 0.928. The lowest BCUT2D eigenvalue weighted by Crippen LogP contribution is -2.15. The normalized spacial score (nSPS) is 11.9. The van der Waals surface area contributed by atoms with Gasteiger partial charge in [-0.1, -0.05) is 20.4 Å². The van der Waals surface area contributed by atoms with E-state index in [2.05, 4.69) is 6.58 Å². The molecule has 0 aromatic carbocycles. The maximum Gasteiger partial charge on any atom is 0.308 e. The number of ether oxygens (including phenoxy) is 1. The molecule has 0 rings (SSSR count). The minimum Gasteiger partial charge on any atom is -0.465 e. The number of allylic oxidation sites excluding steroid dienone is 1. The van der Waals surface area contributed by atoms with Gasteiger partial charge < -0.3 is 4.74 Å². The van der Waals surface area contributed by atoms with Gasteiger partial charge in [-0.3, -0.25) is 9.59 Å². The first-order valence-electron chi connectivity index (χ1n) is 5.34. The highest BCUT2D eigenvalue weighted by Crippen LogP contribution is 2.05.